The van der Waals surface area contributed by atoms with Crippen LogP contribution in [0.4, 0.5) is 0 Å². The number of hydrogen-bond acceptors (Lipinski definition) is 4. The molecule has 12 heavy (non-hydrogen) atoms. The van der Waals surface area contributed by atoms with Crippen LogP contribution in [0.25, 0.3) is 0 Å². The van der Waals surface area contributed by atoms with E-state index in [0.717, 1.165) is 0 Å². The van der Waals surface area contributed by atoms with Gasteiger partial charge in [-0.05, 0) is 11.2 Å². The number of nitrogens with zero attached hydrogens (tertiary/aromatic N) is 1. The van der Waals surface area contributed by atoms with Crippen LogP contribution >= 0.6 is 19.0 Å². The van der Waals surface area contributed by atoms with Gasteiger partial charge in [0.1, 0.15) is 0 Å². The van der Waals surface area contributed by atoms with Gasteiger partial charge in [0.15, 0.2) is 6.61 Å². The number of carbonyl (C=O) groups is 1. The topological polar surface area (TPSA) is 79.5 Å². The molecule has 0 spiro atoms. The van der Waals surface area contributed by atoms with Crippen LogP contribution in [0, 0.1) is 11.3 Å². The van der Waals surface area contributed by atoms with Crippen molar-refractivity contribution >= 4 is 24.9 Å². The molecule has 0 rings (SSSR count). The molecule has 1 unspecified atom stereocenters. The highest BCUT2D eigenvalue weighted by Crippen LogP contribution is 2.43. The monoisotopic (exact) mass is 211 g/mol. The summed E-state index contributed by atoms with van der Waals surface area (Å²) in [5.41, 5.74) is 0. The largest absolute Gasteiger partial charge is 0.480 e. The van der Waals surface area contributed by atoms with Crippen LogP contribution in [-0.2, 0) is 13.8 Å². The Morgan fingerprint density at radius 3 is 2.83 bits per heavy atom. The summed E-state index contributed by atoms with van der Waals surface area (Å²) in [4.78, 5) is 9.95. The van der Waals surface area contributed by atoms with Crippen molar-refractivity contribution < 1.29 is 18.9 Å². The summed E-state index contributed by atoms with van der Waals surface area (Å²) < 4.78 is 9.30. The predicted octanol–water partition coefficient (Wildman–Crippen LogP) is 1.48. The van der Waals surface area contributed by atoms with Gasteiger partial charge in [-0.3, -0.25) is 0 Å². The molecule has 7 heteroatoms. The van der Waals surface area contributed by atoms with Gasteiger partial charge in [0.25, 0.3) is 7.73 Å². The molecule has 0 aromatic carbocycles. The molecule has 68 valence electrons. The van der Waals surface area contributed by atoms with Crippen LogP contribution in [0.15, 0.2) is 0 Å². The third-order valence-corrected chi connectivity index (χ3v) is 2.00. The highest BCUT2D eigenvalue weighted by molar-refractivity contribution is 7.76. The molecule has 5 nitrogen and oxygen atoms in total. The van der Waals surface area contributed by atoms with Gasteiger partial charge in [0.05, 0.1) is 19.1 Å². The average Bonchev–Trinajstić information content (AvgIpc) is 2.01. The molecule has 0 amide bonds. The van der Waals surface area contributed by atoms with E-state index in [-0.39, 0.29) is 13.0 Å². The zero-order chi connectivity index (χ0) is 9.40. The summed E-state index contributed by atoms with van der Waals surface area (Å²) in [5, 5.41) is 16.2. The number of nitriles is 1. The molecule has 0 aromatic rings. The Morgan fingerprint density at radius 2 is 2.33 bits per heavy atom. The zero-order valence-electron chi connectivity index (χ0n) is 6.07. The van der Waals surface area contributed by atoms with Crippen molar-refractivity contribution in [1.82, 2.24) is 0 Å². The van der Waals surface area contributed by atoms with E-state index in [1.54, 1.807) is 0 Å². The first kappa shape index (κ1) is 11.6. The van der Waals surface area contributed by atoms with Gasteiger partial charge in [-0.2, -0.15) is 5.26 Å². The van der Waals surface area contributed by atoms with Crippen molar-refractivity contribution in [3.8, 4) is 6.07 Å². The second kappa shape index (κ2) is 7.26. The molecule has 0 fully saturated rings. The van der Waals surface area contributed by atoms with Crippen molar-refractivity contribution in [2.45, 2.75) is 6.42 Å². The Labute approximate surface area is 75.5 Å². The highest BCUT2D eigenvalue weighted by Gasteiger charge is 2.08. The minimum absolute atomic E-state index is 0.158. The molecular weight excluding hydrogens is 204 g/mol. The van der Waals surface area contributed by atoms with Crippen LogP contribution in [0.2, 0.25) is 0 Å². The summed E-state index contributed by atoms with van der Waals surface area (Å²) in [6.45, 7) is -0.326. The van der Waals surface area contributed by atoms with Crippen molar-refractivity contribution in [3.05, 3.63) is 0 Å². The molecule has 1 N–H and O–H groups in total. The van der Waals surface area contributed by atoms with Gasteiger partial charge >= 0.3 is 5.97 Å². The minimum Gasteiger partial charge on any atom is -0.480 e. The van der Waals surface area contributed by atoms with Gasteiger partial charge in [-0.15, -0.1) is 0 Å². The normalized spacial score (nSPS) is 12.0. The summed E-state index contributed by atoms with van der Waals surface area (Å²) in [7, 11) is -1.68. The lowest BCUT2D eigenvalue weighted by atomic mass is 10.5. The van der Waals surface area contributed by atoms with Crippen molar-refractivity contribution in [2.75, 3.05) is 13.2 Å². The summed E-state index contributed by atoms with van der Waals surface area (Å²) in [6, 6.07) is 1.84. The smallest absolute Gasteiger partial charge is 0.330 e. The Kier molecular flexibility index (Phi) is 7.02. The van der Waals surface area contributed by atoms with E-state index in [9.17, 15) is 4.79 Å². The molecular formula is C5H7ClNO4P. The third-order valence-electron chi connectivity index (χ3n) is 0.696. The maximum Gasteiger partial charge on any atom is 0.330 e. The van der Waals surface area contributed by atoms with Crippen molar-refractivity contribution in [1.29, 1.82) is 5.26 Å². The number of rotatable bonds is 6. The number of carboxylic acids is 1. The fraction of sp³-hybridized carbons (Fsp3) is 0.600. The fourth-order valence-corrected chi connectivity index (χ4v) is 1.18. The third kappa shape index (κ3) is 7.70. The Morgan fingerprint density at radius 1 is 1.67 bits per heavy atom. The van der Waals surface area contributed by atoms with Crippen molar-refractivity contribution in [2.24, 2.45) is 0 Å². The van der Waals surface area contributed by atoms with E-state index in [0.29, 0.717) is 0 Å². The highest BCUT2D eigenvalue weighted by atomic mass is 35.7. The number of hydrogen-bond donors (Lipinski definition) is 1. The molecule has 0 aromatic heterocycles. The van der Waals surface area contributed by atoms with Crippen LogP contribution in [0.3, 0.4) is 0 Å². The van der Waals surface area contributed by atoms with Crippen LogP contribution in [-0.4, -0.2) is 24.3 Å². The van der Waals surface area contributed by atoms with Crippen LogP contribution in [0.1, 0.15) is 6.42 Å². The molecule has 0 saturated heterocycles. The van der Waals surface area contributed by atoms with Crippen molar-refractivity contribution in [3.63, 3.8) is 0 Å². The summed E-state index contributed by atoms with van der Waals surface area (Å²) >= 11 is 5.41. The first-order valence-electron chi connectivity index (χ1n) is 2.97. The van der Waals surface area contributed by atoms with E-state index < -0.39 is 20.3 Å². The molecule has 0 aliphatic heterocycles. The number of aliphatic carboxylic acids is 1. The Balaban J connectivity index is 3.28. The second-order valence-corrected chi connectivity index (χ2v) is 3.39. The summed E-state index contributed by atoms with van der Waals surface area (Å²) in [6.07, 6.45) is 0.210. The lowest BCUT2D eigenvalue weighted by molar-refractivity contribution is -0.139. The second-order valence-electron chi connectivity index (χ2n) is 1.62. The SMILES string of the molecule is N#CCCOP(Cl)OCC(=O)O. The van der Waals surface area contributed by atoms with Crippen LogP contribution < -0.4 is 0 Å². The van der Waals surface area contributed by atoms with E-state index in [1.807, 2.05) is 6.07 Å². The van der Waals surface area contributed by atoms with Gasteiger partial charge in [0, 0.05) is 0 Å². The maximum atomic E-state index is 9.95. The van der Waals surface area contributed by atoms with Gasteiger partial charge < -0.3 is 14.2 Å². The molecule has 0 radical (unpaired) electrons. The lowest BCUT2D eigenvalue weighted by Gasteiger charge is -2.06. The molecule has 1 atom stereocenters. The van der Waals surface area contributed by atoms with E-state index in [2.05, 4.69) is 4.52 Å². The first-order valence-corrected chi connectivity index (χ1v) is 5.05. The maximum absolute atomic E-state index is 9.95. The lowest BCUT2D eigenvalue weighted by Crippen LogP contribution is -2.03. The van der Waals surface area contributed by atoms with Gasteiger partial charge in [-0.25, -0.2) is 4.79 Å². The minimum atomic E-state index is -1.68. The number of halogens is 1. The molecule has 0 aliphatic carbocycles. The van der Waals surface area contributed by atoms with Gasteiger partial charge in [0.2, 0.25) is 0 Å². The Bertz CT molecular complexity index is 183. The van der Waals surface area contributed by atoms with Gasteiger partial charge in [-0.1, -0.05) is 0 Å². The Hall–Kier alpha value is -0.400. The predicted molar refractivity (Wildman–Crippen MR) is 42.5 cm³/mol. The molecule has 0 bridgehead atoms. The van der Waals surface area contributed by atoms with E-state index in [1.165, 1.54) is 0 Å². The van der Waals surface area contributed by atoms with E-state index in [4.69, 9.17) is 26.1 Å². The van der Waals surface area contributed by atoms with E-state index >= 15 is 0 Å². The average molecular weight is 212 g/mol. The molecule has 0 aliphatic rings. The number of carboxylic acid groups (broad SMARTS) is 1. The fourth-order valence-electron chi connectivity index (χ4n) is 0.306. The zero-order valence-corrected chi connectivity index (χ0v) is 7.72. The quantitative estimate of drug-likeness (QED) is 0.532. The van der Waals surface area contributed by atoms with Crippen LogP contribution in [0.5, 0.6) is 0 Å². The first-order chi connectivity index (χ1) is 5.66. The molecule has 0 heterocycles. The summed E-state index contributed by atoms with van der Waals surface area (Å²) in [5.74, 6) is -1.10. The molecule has 0 saturated carbocycles. The standard InChI is InChI=1S/C5H7ClNO4P/c6-12(10-3-1-2-7)11-4-5(8)9/h1,3-4H2,(H,8,9).